The quantitative estimate of drug-likeness (QED) is 0.724. The second-order valence-electron chi connectivity index (χ2n) is 7.29. The number of amides is 1. The van der Waals surface area contributed by atoms with E-state index in [-0.39, 0.29) is 18.1 Å². The van der Waals surface area contributed by atoms with E-state index in [9.17, 15) is 4.79 Å². The lowest BCUT2D eigenvalue weighted by Crippen LogP contribution is -2.44. The molecule has 0 spiro atoms. The summed E-state index contributed by atoms with van der Waals surface area (Å²) in [6, 6.07) is 4.01. The van der Waals surface area contributed by atoms with Crippen molar-refractivity contribution in [2.24, 2.45) is 5.92 Å². The van der Waals surface area contributed by atoms with Gasteiger partial charge in [0.15, 0.2) is 0 Å². The average molecular weight is 384 g/mol. The molecule has 0 N–H and O–H groups in total. The first-order valence-corrected chi connectivity index (χ1v) is 8.79. The van der Waals surface area contributed by atoms with Crippen LogP contribution in [0.2, 0.25) is 0 Å². The molecule has 5 heteroatoms. The summed E-state index contributed by atoms with van der Waals surface area (Å²) < 4.78 is 12.0. The van der Waals surface area contributed by atoms with E-state index in [2.05, 4.69) is 29.8 Å². The first kappa shape index (κ1) is 18.1. The predicted octanol–water partition coefficient (Wildman–Crippen LogP) is 4.95. The highest BCUT2D eigenvalue weighted by Gasteiger charge is 2.36. The van der Waals surface area contributed by atoms with Crippen LogP contribution in [-0.2, 0) is 11.2 Å². The van der Waals surface area contributed by atoms with Crippen molar-refractivity contribution >= 4 is 22.0 Å². The van der Waals surface area contributed by atoms with E-state index in [0.717, 1.165) is 22.2 Å². The van der Waals surface area contributed by atoms with Gasteiger partial charge in [0.1, 0.15) is 11.4 Å². The molecule has 2 rings (SSSR count). The highest BCUT2D eigenvalue weighted by atomic mass is 79.9. The zero-order valence-electron chi connectivity index (χ0n) is 14.8. The van der Waals surface area contributed by atoms with Crippen LogP contribution in [0.3, 0.4) is 0 Å². The number of fused-ring (bicyclic) bond motifs is 1. The molecule has 1 aliphatic heterocycles. The van der Waals surface area contributed by atoms with Crippen molar-refractivity contribution in [3.05, 3.63) is 27.7 Å². The number of methoxy groups -OCH3 is 1. The van der Waals surface area contributed by atoms with Gasteiger partial charge >= 0.3 is 6.09 Å². The maximum absolute atomic E-state index is 12.6. The van der Waals surface area contributed by atoms with Crippen molar-refractivity contribution in [2.75, 3.05) is 13.7 Å². The maximum atomic E-state index is 12.6. The lowest BCUT2D eigenvalue weighted by Gasteiger charge is -2.40. The first-order valence-electron chi connectivity index (χ1n) is 8.00. The molecule has 0 saturated heterocycles. The summed E-state index contributed by atoms with van der Waals surface area (Å²) in [5.41, 5.74) is 1.90. The molecule has 0 radical (unpaired) electrons. The van der Waals surface area contributed by atoms with Gasteiger partial charge in [-0.25, -0.2) is 4.79 Å². The van der Waals surface area contributed by atoms with Crippen LogP contribution in [-0.4, -0.2) is 30.2 Å². The molecule has 0 aromatic heterocycles. The second-order valence-corrected chi connectivity index (χ2v) is 8.14. The van der Waals surface area contributed by atoms with Gasteiger partial charge in [0.2, 0.25) is 0 Å². The van der Waals surface area contributed by atoms with Crippen LogP contribution in [0.15, 0.2) is 16.6 Å². The van der Waals surface area contributed by atoms with E-state index in [4.69, 9.17) is 9.47 Å². The van der Waals surface area contributed by atoms with Crippen molar-refractivity contribution in [3.8, 4) is 5.75 Å². The number of carbonyl (C=O) groups excluding carboxylic acids is 1. The van der Waals surface area contributed by atoms with Crippen LogP contribution in [0.25, 0.3) is 0 Å². The first-order chi connectivity index (χ1) is 10.6. The van der Waals surface area contributed by atoms with Crippen LogP contribution in [0.4, 0.5) is 4.79 Å². The van der Waals surface area contributed by atoms with Gasteiger partial charge in [-0.05, 0) is 56.4 Å². The Labute approximate surface area is 147 Å². The van der Waals surface area contributed by atoms with E-state index in [1.54, 1.807) is 7.11 Å². The Kier molecular flexibility index (Phi) is 5.29. The Hall–Kier alpha value is -1.23. The highest BCUT2D eigenvalue weighted by molar-refractivity contribution is 9.10. The summed E-state index contributed by atoms with van der Waals surface area (Å²) in [5.74, 6) is 1.08. The number of halogens is 1. The molecule has 0 fully saturated rings. The van der Waals surface area contributed by atoms with Crippen molar-refractivity contribution in [2.45, 2.75) is 52.7 Å². The van der Waals surface area contributed by atoms with Gasteiger partial charge in [-0.15, -0.1) is 0 Å². The topological polar surface area (TPSA) is 38.8 Å². The van der Waals surface area contributed by atoms with Crippen LogP contribution in [0.5, 0.6) is 5.75 Å². The molecule has 1 heterocycles. The van der Waals surface area contributed by atoms with Crippen LogP contribution >= 0.6 is 15.9 Å². The third kappa shape index (κ3) is 4.00. The molecular weight excluding hydrogens is 358 g/mol. The fourth-order valence-corrected chi connectivity index (χ4v) is 3.71. The second kappa shape index (κ2) is 6.71. The average Bonchev–Trinajstić information content (AvgIpc) is 2.43. The lowest BCUT2D eigenvalue weighted by molar-refractivity contribution is 0.00870. The van der Waals surface area contributed by atoms with Crippen LogP contribution < -0.4 is 4.74 Å². The number of hydrogen-bond acceptors (Lipinski definition) is 3. The van der Waals surface area contributed by atoms with E-state index in [0.29, 0.717) is 6.54 Å². The van der Waals surface area contributed by atoms with Crippen molar-refractivity contribution < 1.29 is 14.3 Å². The van der Waals surface area contributed by atoms with Gasteiger partial charge in [-0.2, -0.15) is 0 Å². The van der Waals surface area contributed by atoms with E-state index >= 15 is 0 Å². The molecule has 0 aliphatic carbocycles. The van der Waals surface area contributed by atoms with E-state index in [1.807, 2.05) is 37.8 Å². The van der Waals surface area contributed by atoms with Gasteiger partial charge in [-0.3, -0.25) is 0 Å². The monoisotopic (exact) mass is 383 g/mol. The molecule has 23 heavy (non-hydrogen) atoms. The number of hydrogen-bond donors (Lipinski definition) is 0. The Morgan fingerprint density at radius 3 is 2.52 bits per heavy atom. The number of ether oxygens (including phenoxy) is 2. The van der Waals surface area contributed by atoms with Gasteiger partial charge in [0, 0.05) is 11.0 Å². The minimum absolute atomic E-state index is 0.0139. The summed E-state index contributed by atoms with van der Waals surface area (Å²) in [6.45, 7) is 10.6. The number of benzene rings is 1. The number of rotatable bonds is 2. The molecule has 1 aliphatic rings. The maximum Gasteiger partial charge on any atom is 0.410 e. The van der Waals surface area contributed by atoms with Crippen molar-refractivity contribution in [1.29, 1.82) is 0 Å². The minimum Gasteiger partial charge on any atom is -0.497 e. The van der Waals surface area contributed by atoms with E-state index < -0.39 is 5.60 Å². The largest absolute Gasteiger partial charge is 0.497 e. The predicted molar refractivity (Wildman–Crippen MR) is 94.9 cm³/mol. The minimum atomic E-state index is -0.492. The molecule has 128 valence electrons. The van der Waals surface area contributed by atoms with Gasteiger partial charge < -0.3 is 14.4 Å². The van der Waals surface area contributed by atoms with Crippen LogP contribution in [0, 0.1) is 5.92 Å². The van der Waals surface area contributed by atoms with Gasteiger partial charge in [0.25, 0.3) is 0 Å². The molecular formula is C18H26BrNO3. The molecule has 1 atom stereocenters. The summed E-state index contributed by atoms with van der Waals surface area (Å²) in [5, 5.41) is 0. The number of nitrogens with zero attached hydrogens (tertiary/aromatic N) is 1. The molecule has 1 aromatic rings. The summed E-state index contributed by atoms with van der Waals surface area (Å²) in [6.07, 6.45) is 0.559. The normalized spacial score (nSPS) is 17.9. The fraction of sp³-hybridized carbons (Fsp3) is 0.611. The molecule has 0 unspecified atom stereocenters. The van der Waals surface area contributed by atoms with E-state index in [1.165, 1.54) is 5.56 Å². The molecule has 1 aromatic carbocycles. The zero-order valence-corrected chi connectivity index (χ0v) is 16.4. The Morgan fingerprint density at radius 2 is 2.00 bits per heavy atom. The standard InChI is InChI=1S/C18H26BrNO3/c1-11(2)16-14-9-12(22-6)10-15(19)13(14)7-8-20(16)17(21)23-18(3,4)5/h9-11,16H,7-8H2,1-6H3/t16-/m1/s1. The van der Waals surface area contributed by atoms with Crippen LogP contribution in [0.1, 0.15) is 51.8 Å². The molecule has 4 nitrogen and oxygen atoms in total. The Balaban J connectivity index is 2.43. The SMILES string of the molecule is COc1cc(Br)c2c(c1)[C@@H](C(C)C)N(C(=O)OC(C)(C)C)CC2. The van der Waals surface area contributed by atoms with Crippen molar-refractivity contribution in [3.63, 3.8) is 0 Å². The molecule has 1 amide bonds. The third-order valence-electron chi connectivity index (χ3n) is 3.96. The highest BCUT2D eigenvalue weighted by Crippen LogP contribution is 2.41. The van der Waals surface area contributed by atoms with Gasteiger partial charge in [0.05, 0.1) is 13.2 Å². The van der Waals surface area contributed by atoms with Gasteiger partial charge in [-0.1, -0.05) is 29.8 Å². The van der Waals surface area contributed by atoms with Crippen molar-refractivity contribution in [1.82, 2.24) is 4.90 Å². The Bertz CT molecular complexity index is 593. The lowest BCUT2D eigenvalue weighted by atomic mass is 9.86. The third-order valence-corrected chi connectivity index (χ3v) is 4.66. The summed E-state index contributed by atoms with van der Waals surface area (Å²) in [4.78, 5) is 14.5. The fourth-order valence-electron chi connectivity index (χ4n) is 3.06. The molecule has 0 bridgehead atoms. The smallest absolute Gasteiger partial charge is 0.410 e. The molecule has 0 saturated carbocycles. The zero-order chi connectivity index (χ0) is 17.4. The number of carbonyl (C=O) groups is 1. The Morgan fingerprint density at radius 1 is 1.35 bits per heavy atom. The summed E-state index contributed by atoms with van der Waals surface area (Å²) in [7, 11) is 1.66. The summed E-state index contributed by atoms with van der Waals surface area (Å²) >= 11 is 3.64.